The van der Waals surface area contributed by atoms with Crippen LogP contribution in [0.1, 0.15) is 19.3 Å². The van der Waals surface area contributed by atoms with Crippen molar-refractivity contribution in [1.82, 2.24) is 4.90 Å². The highest BCUT2D eigenvalue weighted by molar-refractivity contribution is 8.00. The van der Waals surface area contributed by atoms with Gasteiger partial charge < -0.3 is 15.1 Å². The number of carboxylic acids is 2. The largest absolute Gasteiger partial charge is 0.481 e. The molecule has 0 aromatic rings. The molecule has 0 bridgehead atoms. The molecule has 0 amide bonds. The van der Waals surface area contributed by atoms with Crippen LogP contribution in [-0.4, -0.2) is 57.7 Å². The standard InChI is InChI=1S/C10H17NO4S/c12-9(13)3-5-11-4-1-2-8(6-11)16-7-10(14)15/h8H,1-7H2,(H,12,13)(H,14,15). The van der Waals surface area contributed by atoms with Crippen LogP contribution in [0.25, 0.3) is 0 Å². The van der Waals surface area contributed by atoms with E-state index in [1.165, 1.54) is 11.8 Å². The number of likely N-dealkylation sites (tertiary alicyclic amines) is 1. The summed E-state index contributed by atoms with van der Waals surface area (Å²) in [7, 11) is 0. The number of aliphatic carboxylic acids is 2. The number of nitrogens with zero attached hydrogens (tertiary/aromatic N) is 1. The maximum atomic E-state index is 10.4. The summed E-state index contributed by atoms with van der Waals surface area (Å²) in [5, 5.41) is 17.5. The smallest absolute Gasteiger partial charge is 0.313 e. The van der Waals surface area contributed by atoms with Gasteiger partial charge in [-0.2, -0.15) is 0 Å². The molecule has 0 saturated carbocycles. The quantitative estimate of drug-likeness (QED) is 0.721. The molecule has 2 N–H and O–H groups in total. The monoisotopic (exact) mass is 247 g/mol. The van der Waals surface area contributed by atoms with Crippen LogP contribution in [0.2, 0.25) is 0 Å². The number of piperidine rings is 1. The molecular weight excluding hydrogens is 230 g/mol. The maximum absolute atomic E-state index is 10.4. The lowest BCUT2D eigenvalue weighted by Gasteiger charge is -2.31. The zero-order valence-electron chi connectivity index (χ0n) is 9.09. The van der Waals surface area contributed by atoms with Gasteiger partial charge in [-0.05, 0) is 19.4 Å². The Morgan fingerprint density at radius 3 is 2.69 bits per heavy atom. The van der Waals surface area contributed by atoms with Crippen molar-refractivity contribution in [2.45, 2.75) is 24.5 Å². The van der Waals surface area contributed by atoms with Crippen LogP contribution in [-0.2, 0) is 9.59 Å². The molecule has 0 aromatic heterocycles. The number of rotatable bonds is 6. The Hall–Kier alpha value is -0.750. The minimum Gasteiger partial charge on any atom is -0.481 e. The first kappa shape index (κ1) is 13.3. The molecule has 0 aromatic carbocycles. The summed E-state index contributed by atoms with van der Waals surface area (Å²) < 4.78 is 0. The third-order valence-corrected chi connectivity index (χ3v) is 3.82. The van der Waals surface area contributed by atoms with Gasteiger partial charge in [0, 0.05) is 18.3 Å². The second-order valence-corrected chi connectivity index (χ2v) is 5.20. The Labute approximate surface area is 98.8 Å². The second-order valence-electron chi connectivity index (χ2n) is 3.91. The Kier molecular flexibility index (Phi) is 5.62. The van der Waals surface area contributed by atoms with Gasteiger partial charge in [-0.15, -0.1) is 11.8 Å². The summed E-state index contributed by atoms with van der Waals surface area (Å²) in [6, 6.07) is 0. The van der Waals surface area contributed by atoms with Gasteiger partial charge in [-0.3, -0.25) is 9.59 Å². The molecule has 5 nitrogen and oxygen atoms in total. The molecule has 0 spiro atoms. The highest BCUT2D eigenvalue weighted by Crippen LogP contribution is 2.22. The summed E-state index contributed by atoms with van der Waals surface area (Å²) >= 11 is 1.45. The zero-order valence-corrected chi connectivity index (χ0v) is 9.91. The minimum absolute atomic E-state index is 0.136. The molecular formula is C10H17NO4S. The zero-order chi connectivity index (χ0) is 12.0. The van der Waals surface area contributed by atoms with Gasteiger partial charge >= 0.3 is 11.9 Å². The lowest BCUT2D eigenvalue weighted by Crippen LogP contribution is -2.38. The van der Waals surface area contributed by atoms with E-state index in [9.17, 15) is 9.59 Å². The highest BCUT2D eigenvalue weighted by Gasteiger charge is 2.21. The van der Waals surface area contributed by atoms with Crippen LogP contribution >= 0.6 is 11.8 Å². The van der Waals surface area contributed by atoms with Gasteiger partial charge in [-0.25, -0.2) is 0 Å². The van der Waals surface area contributed by atoms with E-state index in [0.29, 0.717) is 11.8 Å². The van der Waals surface area contributed by atoms with Crippen molar-refractivity contribution in [3.8, 4) is 0 Å². The fraction of sp³-hybridized carbons (Fsp3) is 0.800. The fourth-order valence-electron chi connectivity index (χ4n) is 1.80. The normalized spacial score (nSPS) is 21.9. The predicted octanol–water partition coefficient (Wildman–Crippen LogP) is 0.743. The molecule has 6 heteroatoms. The number of hydrogen-bond acceptors (Lipinski definition) is 4. The Morgan fingerprint density at radius 2 is 2.06 bits per heavy atom. The molecule has 16 heavy (non-hydrogen) atoms. The average molecular weight is 247 g/mol. The number of hydrogen-bond donors (Lipinski definition) is 2. The van der Waals surface area contributed by atoms with Crippen molar-refractivity contribution < 1.29 is 19.8 Å². The number of thioether (sulfide) groups is 1. The predicted molar refractivity (Wildman–Crippen MR) is 61.8 cm³/mol. The molecule has 1 aliphatic heterocycles. The van der Waals surface area contributed by atoms with Crippen molar-refractivity contribution in [3.63, 3.8) is 0 Å². The van der Waals surface area contributed by atoms with Crippen LogP contribution in [0, 0.1) is 0 Å². The van der Waals surface area contributed by atoms with E-state index in [1.807, 2.05) is 0 Å². The van der Waals surface area contributed by atoms with Crippen LogP contribution in [0.3, 0.4) is 0 Å². The molecule has 1 heterocycles. The van der Waals surface area contributed by atoms with Crippen LogP contribution < -0.4 is 0 Å². The van der Waals surface area contributed by atoms with E-state index < -0.39 is 11.9 Å². The van der Waals surface area contributed by atoms with Gasteiger partial charge in [0.25, 0.3) is 0 Å². The maximum Gasteiger partial charge on any atom is 0.313 e. The van der Waals surface area contributed by atoms with Crippen molar-refractivity contribution in [2.24, 2.45) is 0 Å². The first-order chi connectivity index (χ1) is 7.58. The topological polar surface area (TPSA) is 77.8 Å². The van der Waals surface area contributed by atoms with Crippen LogP contribution in [0.5, 0.6) is 0 Å². The van der Waals surface area contributed by atoms with Gasteiger partial charge in [0.1, 0.15) is 0 Å². The Morgan fingerprint density at radius 1 is 1.31 bits per heavy atom. The van der Waals surface area contributed by atoms with Crippen molar-refractivity contribution in [1.29, 1.82) is 0 Å². The van der Waals surface area contributed by atoms with Crippen LogP contribution in [0.4, 0.5) is 0 Å². The molecule has 1 fully saturated rings. The van der Waals surface area contributed by atoms with E-state index in [0.717, 1.165) is 25.9 Å². The van der Waals surface area contributed by atoms with Crippen LogP contribution in [0.15, 0.2) is 0 Å². The second kappa shape index (κ2) is 6.75. The van der Waals surface area contributed by atoms with Gasteiger partial charge in [0.15, 0.2) is 0 Å². The van der Waals surface area contributed by atoms with E-state index in [4.69, 9.17) is 10.2 Å². The molecule has 0 radical (unpaired) electrons. The summed E-state index contributed by atoms with van der Waals surface area (Å²) in [5.41, 5.74) is 0. The fourth-order valence-corrected chi connectivity index (χ4v) is 2.82. The number of carboxylic acid groups (broad SMARTS) is 2. The molecule has 1 saturated heterocycles. The molecule has 1 unspecified atom stereocenters. The minimum atomic E-state index is -0.785. The molecule has 1 atom stereocenters. The number of carbonyl (C=O) groups is 2. The van der Waals surface area contributed by atoms with E-state index in [1.54, 1.807) is 0 Å². The first-order valence-corrected chi connectivity index (χ1v) is 6.40. The summed E-state index contributed by atoms with van der Waals surface area (Å²) in [6.45, 7) is 2.31. The van der Waals surface area contributed by atoms with Crippen molar-refractivity contribution in [3.05, 3.63) is 0 Å². The summed E-state index contributed by atoms with van der Waals surface area (Å²) in [4.78, 5) is 23.0. The molecule has 0 aliphatic carbocycles. The molecule has 1 aliphatic rings. The molecule has 1 rings (SSSR count). The van der Waals surface area contributed by atoms with E-state index in [2.05, 4.69) is 4.90 Å². The van der Waals surface area contributed by atoms with Gasteiger partial charge in [0.2, 0.25) is 0 Å². The summed E-state index contributed by atoms with van der Waals surface area (Å²) in [6.07, 6.45) is 2.22. The first-order valence-electron chi connectivity index (χ1n) is 5.35. The summed E-state index contributed by atoms with van der Waals surface area (Å²) in [5.74, 6) is -1.43. The van der Waals surface area contributed by atoms with Gasteiger partial charge in [0.05, 0.1) is 12.2 Å². The Bertz CT molecular complexity index is 235. The lowest BCUT2D eigenvalue weighted by atomic mass is 10.1. The van der Waals surface area contributed by atoms with E-state index in [-0.39, 0.29) is 12.2 Å². The highest BCUT2D eigenvalue weighted by atomic mass is 32.2. The van der Waals surface area contributed by atoms with Crippen molar-refractivity contribution in [2.75, 3.05) is 25.4 Å². The average Bonchev–Trinajstić information content (AvgIpc) is 2.24. The lowest BCUT2D eigenvalue weighted by molar-refractivity contribution is -0.137. The van der Waals surface area contributed by atoms with E-state index >= 15 is 0 Å². The van der Waals surface area contributed by atoms with Gasteiger partial charge in [-0.1, -0.05) is 0 Å². The SMILES string of the molecule is O=C(O)CCN1CCCC(SCC(=O)O)C1. The molecule has 92 valence electrons. The van der Waals surface area contributed by atoms with Crippen molar-refractivity contribution >= 4 is 23.7 Å². The third-order valence-electron chi connectivity index (χ3n) is 2.55. The Balaban J connectivity index is 2.24. The third kappa shape index (κ3) is 5.37.